The standard InChI is InChI=1S/C23H21FN2O4S2/c1-14-4-7-18(8-5-14)32(29,30)26-11-10-19-20(12-15(2)25-23(19)26)21-13-17(6-9-22(21)24)16(3)31(27)28/h4-13,16,31H,1-3H3. The molecule has 4 rings (SSSR count). The number of rotatable bonds is 5. The van der Waals surface area contributed by atoms with Crippen LogP contribution >= 0.6 is 0 Å². The van der Waals surface area contributed by atoms with Gasteiger partial charge in [0.05, 0.1) is 10.1 Å². The second-order valence-corrected chi connectivity index (χ2v) is 10.8. The molecule has 6 nitrogen and oxygen atoms in total. The summed E-state index contributed by atoms with van der Waals surface area (Å²) in [4.78, 5) is 4.53. The molecule has 1 atom stereocenters. The molecule has 0 amide bonds. The maximum atomic E-state index is 14.8. The fraction of sp³-hybridized carbons (Fsp3) is 0.174. The van der Waals surface area contributed by atoms with Gasteiger partial charge in [0.2, 0.25) is 0 Å². The zero-order valence-corrected chi connectivity index (χ0v) is 19.3. The highest BCUT2D eigenvalue weighted by Crippen LogP contribution is 2.34. The van der Waals surface area contributed by atoms with E-state index < -0.39 is 31.8 Å². The first-order valence-corrected chi connectivity index (χ1v) is 12.5. The molecule has 2 aromatic heterocycles. The average molecular weight is 473 g/mol. The summed E-state index contributed by atoms with van der Waals surface area (Å²) in [5.74, 6) is -0.539. The van der Waals surface area contributed by atoms with Crippen molar-refractivity contribution in [3.8, 4) is 11.1 Å². The molecule has 0 aliphatic carbocycles. The molecule has 0 aliphatic heterocycles. The van der Waals surface area contributed by atoms with Gasteiger partial charge in [-0.15, -0.1) is 0 Å². The molecular weight excluding hydrogens is 451 g/mol. The van der Waals surface area contributed by atoms with E-state index in [9.17, 15) is 21.2 Å². The number of pyridine rings is 1. The molecule has 166 valence electrons. The third-order valence-corrected chi connectivity index (χ3v) is 8.02. The Morgan fingerprint density at radius 2 is 1.66 bits per heavy atom. The van der Waals surface area contributed by atoms with Crippen LogP contribution in [0.15, 0.2) is 65.7 Å². The van der Waals surface area contributed by atoms with Crippen molar-refractivity contribution in [3.63, 3.8) is 0 Å². The van der Waals surface area contributed by atoms with E-state index in [-0.39, 0.29) is 16.1 Å². The molecule has 0 spiro atoms. The number of aromatic nitrogens is 2. The van der Waals surface area contributed by atoms with E-state index in [0.717, 1.165) is 9.54 Å². The van der Waals surface area contributed by atoms with Crippen LogP contribution in [0.1, 0.15) is 29.0 Å². The maximum absolute atomic E-state index is 14.8. The van der Waals surface area contributed by atoms with Gasteiger partial charge in [0.25, 0.3) is 10.0 Å². The summed E-state index contributed by atoms with van der Waals surface area (Å²) in [6, 6.07) is 13.9. The molecule has 2 heterocycles. The zero-order valence-electron chi connectivity index (χ0n) is 17.6. The van der Waals surface area contributed by atoms with Gasteiger partial charge in [-0.2, -0.15) is 0 Å². The summed E-state index contributed by atoms with van der Waals surface area (Å²) in [6.45, 7) is 5.09. The third-order valence-electron chi connectivity index (χ3n) is 5.41. The van der Waals surface area contributed by atoms with E-state index in [4.69, 9.17) is 0 Å². The Kier molecular flexibility index (Phi) is 5.64. The SMILES string of the molecule is Cc1ccc(S(=O)(=O)n2ccc3c(-c4cc(C(C)[SH](=O)=O)ccc4F)cc(C)nc32)cc1. The van der Waals surface area contributed by atoms with Gasteiger partial charge in [0.15, 0.2) is 5.65 Å². The Morgan fingerprint density at radius 3 is 2.31 bits per heavy atom. The predicted molar refractivity (Wildman–Crippen MR) is 122 cm³/mol. The molecule has 32 heavy (non-hydrogen) atoms. The van der Waals surface area contributed by atoms with Crippen LogP contribution in [-0.2, 0) is 20.7 Å². The Morgan fingerprint density at radius 1 is 0.969 bits per heavy atom. The van der Waals surface area contributed by atoms with Crippen molar-refractivity contribution in [2.75, 3.05) is 0 Å². The molecule has 0 radical (unpaired) electrons. The smallest absolute Gasteiger partial charge is 0.234 e. The monoisotopic (exact) mass is 472 g/mol. The van der Waals surface area contributed by atoms with Crippen molar-refractivity contribution < 1.29 is 21.2 Å². The normalized spacial score (nSPS) is 13.0. The van der Waals surface area contributed by atoms with Gasteiger partial charge in [-0.05, 0) is 68.3 Å². The lowest BCUT2D eigenvalue weighted by atomic mass is 9.99. The highest BCUT2D eigenvalue weighted by atomic mass is 32.2. The summed E-state index contributed by atoms with van der Waals surface area (Å²) in [5.41, 5.74) is 2.69. The molecular formula is C23H21FN2O4S2. The van der Waals surface area contributed by atoms with Crippen molar-refractivity contribution in [2.45, 2.75) is 30.9 Å². The van der Waals surface area contributed by atoms with Gasteiger partial charge in [0, 0.05) is 22.8 Å². The van der Waals surface area contributed by atoms with E-state index in [1.807, 2.05) is 6.92 Å². The fourth-order valence-electron chi connectivity index (χ4n) is 3.58. The quantitative estimate of drug-likeness (QED) is 0.436. The second kappa shape index (κ2) is 8.14. The summed E-state index contributed by atoms with van der Waals surface area (Å²) in [5, 5.41) is -0.337. The van der Waals surface area contributed by atoms with E-state index in [1.54, 1.807) is 31.2 Å². The predicted octanol–water partition coefficient (Wildman–Crippen LogP) is 4.37. The molecule has 9 heteroatoms. The number of hydrogen-bond acceptors (Lipinski definition) is 5. The Labute approximate surface area is 187 Å². The van der Waals surface area contributed by atoms with Crippen molar-refractivity contribution in [3.05, 3.63) is 83.4 Å². The first-order valence-electron chi connectivity index (χ1n) is 9.84. The maximum Gasteiger partial charge on any atom is 0.269 e. The van der Waals surface area contributed by atoms with Crippen molar-refractivity contribution in [2.24, 2.45) is 0 Å². The molecule has 0 saturated carbocycles. The summed E-state index contributed by atoms with van der Waals surface area (Å²) in [7, 11) is -6.64. The van der Waals surface area contributed by atoms with Crippen molar-refractivity contribution >= 4 is 31.8 Å². The largest absolute Gasteiger partial charge is 0.269 e. The van der Waals surface area contributed by atoms with Gasteiger partial charge in [-0.1, -0.05) is 23.8 Å². The number of hydrogen-bond donors (Lipinski definition) is 1. The van der Waals surface area contributed by atoms with E-state index in [1.165, 1.54) is 43.5 Å². The van der Waals surface area contributed by atoms with Crippen LogP contribution in [0.4, 0.5) is 4.39 Å². The summed E-state index contributed by atoms with van der Waals surface area (Å²) in [6.07, 6.45) is 1.40. The lowest BCUT2D eigenvalue weighted by molar-refractivity contribution is 0.588. The summed E-state index contributed by atoms with van der Waals surface area (Å²) < 4.78 is 65.3. The molecule has 0 fully saturated rings. The molecule has 0 aliphatic rings. The minimum Gasteiger partial charge on any atom is -0.234 e. The number of halogens is 1. The molecule has 2 aromatic carbocycles. The van der Waals surface area contributed by atoms with Crippen LogP contribution < -0.4 is 0 Å². The van der Waals surface area contributed by atoms with Crippen LogP contribution in [0.5, 0.6) is 0 Å². The third kappa shape index (κ3) is 3.82. The van der Waals surface area contributed by atoms with Crippen LogP contribution in [0.25, 0.3) is 22.2 Å². The first-order chi connectivity index (χ1) is 15.1. The van der Waals surface area contributed by atoms with Gasteiger partial charge in [-0.3, -0.25) is 0 Å². The Bertz CT molecular complexity index is 1510. The van der Waals surface area contributed by atoms with Gasteiger partial charge in [-0.25, -0.2) is 30.2 Å². The minimum absolute atomic E-state index is 0.117. The fourth-order valence-corrected chi connectivity index (χ4v) is 5.28. The highest BCUT2D eigenvalue weighted by molar-refractivity contribution is 7.90. The molecule has 4 aromatic rings. The van der Waals surface area contributed by atoms with Gasteiger partial charge in [0.1, 0.15) is 16.5 Å². The lowest BCUT2D eigenvalue weighted by Crippen LogP contribution is -2.12. The minimum atomic E-state index is -3.92. The van der Waals surface area contributed by atoms with E-state index in [2.05, 4.69) is 4.98 Å². The lowest BCUT2D eigenvalue weighted by Gasteiger charge is -2.12. The number of aryl methyl sites for hydroxylation is 2. The van der Waals surface area contributed by atoms with Crippen LogP contribution in [0, 0.1) is 19.7 Å². The number of fused-ring (bicyclic) bond motifs is 1. The van der Waals surface area contributed by atoms with Crippen LogP contribution in [0.2, 0.25) is 0 Å². The Balaban J connectivity index is 1.95. The van der Waals surface area contributed by atoms with Crippen molar-refractivity contribution in [1.82, 2.24) is 8.96 Å². The van der Waals surface area contributed by atoms with Crippen molar-refractivity contribution in [1.29, 1.82) is 0 Å². The highest BCUT2D eigenvalue weighted by Gasteiger charge is 2.22. The second-order valence-electron chi connectivity index (χ2n) is 7.68. The number of thiol groups is 1. The number of nitrogens with zero attached hydrogens (tertiary/aromatic N) is 2. The average Bonchev–Trinajstić information content (AvgIpc) is 3.18. The molecule has 1 unspecified atom stereocenters. The Hall–Kier alpha value is -3.04. The van der Waals surface area contributed by atoms with Crippen LogP contribution in [-0.4, -0.2) is 25.8 Å². The number of benzene rings is 2. The first kappa shape index (κ1) is 22.2. The topological polar surface area (TPSA) is 86.1 Å². The molecule has 0 bridgehead atoms. The molecule has 0 saturated heterocycles. The molecule has 0 N–H and O–H groups in total. The van der Waals surface area contributed by atoms with Crippen LogP contribution in [0.3, 0.4) is 0 Å². The zero-order chi connectivity index (χ0) is 23.2. The van der Waals surface area contributed by atoms with Gasteiger partial charge < -0.3 is 0 Å². The van der Waals surface area contributed by atoms with E-state index in [0.29, 0.717) is 22.2 Å². The van der Waals surface area contributed by atoms with Gasteiger partial charge >= 0.3 is 0 Å². The van der Waals surface area contributed by atoms with E-state index >= 15 is 0 Å². The summed E-state index contributed by atoms with van der Waals surface area (Å²) >= 11 is 0.